The summed E-state index contributed by atoms with van der Waals surface area (Å²) in [5.74, 6) is -0.122. The monoisotopic (exact) mass is 250 g/mol. The van der Waals surface area contributed by atoms with Gasteiger partial charge in [-0.25, -0.2) is 9.78 Å². The lowest BCUT2D eigenvalue weighted by atomic mass is 10.3. The molecule has 96 valence electrons. The van der Waals surface area contributed by atoms with Crippen LogP contribution in [0.15, 0.2) is 18.6 Å². The molecular formula is C11H14N4O3. The van der Waals surface area contributed by atoms with E-state index in [1.54, 1.807) is 17.2 Å². The normalized spacial score (nSPS) is 16.2. The first-order chi connectivity index (χ1) is 8.66. The number of imidazole rings is 1. The molecule has 0 bridgehead atoms. The molecule has 0 radical (unpaired) electrons. The van der Waals surface area contributed by atoms with Crippen molar-refractivity contribution in [3.8, 4) is 0 Å². The Labute approximate surface area is 104 Å². The number of carboxylic acid groups (broad SMARTS) is 1. The van der Waals surface area contributed by atoms with Crippen LogP contribution < -0.4 is 0 Å². The van der Waals surface area contributed by atoms with Crippen LogP contribution in [0.2, 0.25) is 0 Å². The highest BCUT2D eigenvalue weighted by Gasteiger charge is 2.22. The molecule has 2 rings (SSSR count). The van der Waals surface area contributed by atoms with Gasteiger partial charge in [0.05, 0.1) is 12.0 Å². The molecule has 0 unspecified atom stereocenters. The van der Waals surface area contributed by atoms with Crippen LogP contribution in [0.1, 0.15) is 5.69 Å². The molecular weight excluding hydrogens is 236 g/mol. The molecule has 0 aliphatic carbocycles. The number of H-pyrrole nitrogens is 1. The number of amides is 2. The second-order valence-electron chi connectivity index (χ2n) is 3.92. The molecule has 0 saturated carbocycles. The van der Waals surface area contributed by atoms with Crippen molar-refractivity contribution in [3.63, 3.8) is 0 Å². The number of piperazine rings is 1. The Bertz CT molecular complexity index is 447. The summed E-state index contributed by atoms with van der Waals surface area (Å²) in [7, 11) is 0. The van der Waals surface area contributed by atoms with Crippen LogP contribution in [0.25, 0.3) is 6.08 Å². The number of carbonyl (C=O) groups is 2. The van der Waals surface area contributed by atoms with Gasteiger partial charge in [0.15, 0.2) is 0 Å². The maximum atomic E-state index is 11.8. The number of hydrogen-bond donors (Lipinski definition) is 2. The minimum Gasteiger partial charge on any atom is -0.465 e. The second kappa shape index (κ2) is 5.35. The highest BCUT2D eigenvalue weighted by molar-refractivity contribution is 5.91. The highest BCUT2D eigenvalue weighted by Crippen LogP contribution is 2.04. The van der Waals surface area contributed by atoms with E-state index in [9.17, 15) is 9.59 Å². The first-order valence-electron chi connectivity index (χ1n) is 5.60. The Morgan fingerprint density at radius 3 is 2.50 bits per heavy atom. The topological polar surface area (TPSA) is 89.5 Å². The second-order valence-corrected chi connectivity index (χ2v) is 3.92. The third kappa shape index (κ3) is 2.88. The van der Waals surface area contributed by atoms with E-state index < -0.39 is 6.09 Å². The molecule has 1 aromatic rings. The van der Waals surface area contributed by atoms with Gasteiger partial charge in [0.2, 0.25) is 5.91 Å². The van der Waals surface area contributed by atoms with Crippen LogP contribution in [0, 0.1) is 0 Å². The summed E-state index contributed by atoms with van der Waals surface area (Å²) in [6.45, 7) is 1.57. The van der Waals surface area contributed by atoms with E-state index in [0.717, 1.165) is 0 Å². The Hall–Kier alpha value is -2.31. The molecule has 1 aliphatic rings. The maximum absolute atomic E-state index is 11.8. The fraction of sp³-hybridized carbons (Fsp3) is 0.364. The summed E-state index contributed by atoms with van der Waals surface area (Å²) in [4.78, 5) is 32.2. The van der Waals surface area contributed by atoms with Crippen LogP contribution in [0.3, 0.4) is 0 Å². The number of aromatic nitrogens is 2. The standard InChI is InChI=1S/C11H14N4O3/c16-10(2-1-9-7-12-8-13-9)14-3-5-15(6-4-14)11(17)18/h1-2,7-8H,3-6H2,(H,12,13)(H,17,18)/b2-1+. The lowest BCUT2D eigenvalue weighted by molar-refractivity contribution is -0.127. The average Bonchev–Trinajstić information content (AvgIpc) is 2.89. The van der Waals surface area contributed by atoms with Crippen molar-refractivity contribution < 1.29 is 14.7 Å². The quantitative estimate of drug-likeness (QED) is 0.736. The molecule has 7 nitrogen and oxygen atoms in total. The van der Waals surface area contributed by atoms with Crippen molar-refractivity contribution in [1.29, 1.82) is 0 Å². The maximum Gasteiger partial charge on any atom is 0.407 e. The molecule has 2 N–H and O–H groups in total. The van der Waals surface area contributed by atoms with Crippen LogP contribution in [-0.2, 0) is 4.79 Å². The third-order valence-corrected chi connectivity index (χ3v) is 2.78. The summed E-state index contributed by atoms with van der Waals surface area (Å²) in [6.07, 6.45) is 5.37. The Kier molecular flexibility index (Phi) is 3.61. The van der Waals surface area contributed by atoms with Gasteiger partial charge in [-0.15, -0.1) is 0 Å². The zero-order chi connectivity index (χ0) is 13.0. The SMILES string of the molecule is O=C(O)N1CCN(C(=O)/C=C/c2c[nH]cn2)CC1. The van der Waals surface area contributed by atoms with Gasteiger partial charge in [-0.05, 0) is 6.08 Å². The van der Waals surface area contributed by atoms with Crippen LogP contribution in [0.5, 0.6) is 0 Å². The highest BCUT2D eigenvalue weighted by atomic mass is 16.4. The molecule has 7 heteroatoms. The largest absolute Gasteiger partial charge is 0.465 e. The predicted molar refractivity (Wildman–Crippen MR) is 63.8 cm³/mol. The molecule has 1 saturated heterocycles. The summed E-state index contributed by atoms with van der Waals surface area (Å²) >= 11 is 0. The van der Waals surface area contributed by atoms with Crippen molar-refractivity contribution in [3.05, 3.63) is 24.3 Å². The van der Waals surface area contributed by atoms with Gasteiger partial charge in [-0.1, -0.05) is 0 Å². The zero-order valence-corrected chi connectivity index (χ0v) is 9.74. The number of nitrogens with zero attached hydrogens (tertiary/aromatic N) is 3. The number of hydrogen-bond acceptors (Lipinski definition) is 3. The van der Waals surface area contributed by atoms with Gasteiger partial charge in [0.25, 0.3) is 0 Å². The molecule has 2 amide bonds. The first-order valence-corrected chi connectivity index (χ1v) is 5.60. The lowest BCUT2D eigenvalue weighted by Gasteiger charge is -2.32. The average molecular weight is 250 g/mol. The van der Waals surface area contributed by atoms with E-state index >= 15 is 0 Å². The van der Waals surface area contributed by atoms with E-state index in [-0.39, 0.29) is 5.91 Å². The van der Waals surface area contributed by atoms with Crippen molar-refractivity contribution >= 4 is 18.1 Å². The minimum absolute atomic E-state index is 0.122. The van der Waals surface area contributed by atoms with E-state index in [1.807, 2.05) is 0 Å². The third-order valence-electron chi connectivity index (χ3n) is 2.78. The molecule has 0 spiro atoms. The number of aromatic amines is 1. The van der Waals surface area contributed by atoms with Gasteiger partial charge in [-0.3, -0.25) is 4.79 Å². The molecule has 0 atom stereocenters. The fourth-order valence-electron chi connectivity index (χ4n) is 1.74. The molecule has 2 heterocycles. The first kappa shape index (κ1) is 12.2. The van der Waals surface area contributed by atoms with Gasteiger partial charge in [-0.2, -0.15) is 0 Å². The van der Waals surface area contributed by atoms with Gasteiger partial charge >= 0.3 is 6.09 Å². The smallest absolute Gasteiger partial charge is 0.407 e. The van der Waals surface area contributed by atoms with E-state index in [0.29, 0.717) is 31.9 Å². The number of rotatable bonds is 2. The van der Waals surface area contributed by atoms with Gasteiger partial charge in [0, 0.05) is 38.5 Å². The summed E-state index contributed by atoms with van der Waals surface area (Å²) in [6, 6.07) is 0. The van der Waals surface area contributed by atoms with Crippen LogP contribution in [-0.4, -0.2) is 63.1 Å². The molecule has 18 heavy (non-hydrogen) atoms. The van der Waals surface area contributed by atoms with Gasteiger partial charge in [0.1, 0.15) is 0 Å². The zero-order valence-electron chi connectivity index (χ0n) is 9.74. The lowest BCUT2D eigenvalue weighted by Crippen LogP contribution is -2.49. The van der Waals surface area contributed by atoms with Crippen LogP contribution in [0.4, 0.5) is 4.79 Å². The van der Waals surface area contributed by atoms with Crippen molar-refractivity contribution in [2.24, 2.45) is 0 Å². The summed E-state index contributed by atoms with van der Waals surface area (Å²) in [5, 5.41) is 8.79. The van der Waals surface area contributed by atoms with Crippen molar-refractivity contribution in [2.75, 3.05) is 26.2 Å². The van der Waals surface area contributed by atoms with Crippen molar-refractivity contribution in [2.45, 2.75) is 0 Å². The Balaban J connectivity index is 1.86. The van der Waals surface area contributed by atoms with Crippen molar-refractivity contribution in [1.82, 2.24) is 19.8 Å². The molecule has 0 aromatic carbocycles. The minimum atomic E-state index is -0.936. The summed E-state index contributed by atoms with van der Waals surface area (Å²) in [5.41, 5.74) is 0.688. The predicted octanol–water partition coefficient (Wildman–Crippen LogP) is 0.245. The van der Waals surface area contributed by atoms with E-state index in [2.05, 4.69) is 9.97 Å². The van der Waals surface area contributed by atoms with Crippen LogP contribution >= 0.6 is 0 Å². The molecule has 1 aromatic heterocycles. The fourth-order valence-corrected chi connectivity index (χ4v) is 1.74. The Morgan fingerprint density at radius 2 is 1.94 bits per heavy atom. The Morgan fingerprint density at radius 1 is 1.28 bits per heavy atom. The van der Waals surface area contributed by atoms with E-state index in [4.69, 9.17) is 5.11 Å². The number of carbonyl (C=O) groups excluding carboxylic acids is 1. The van der Waals surface area contributed by atoms with E-state index in [1.165, 1.54) is 17.3 Å². The van der Waals surface area contributed by atoms with Gasteiger partial charge < -0.3 is 19.9 Å². The molecule has 1 aliphatic heterocycles. The number of nitrogens with one attached hydrogen (secondary N) is 1. The summed E-state index contributed by atoms with van der Waals surface area (Å²) < 4.78 is 0. The molecule has 1 fully saturated rings.